The largest absolute Gasteiger partial charge is 0.506 e. The van der Waals surface area contributed by atoms with E-state index in [1.54, 1.807) is 0 Å². The molecule has 2 N–H and O–H groups in total. The van der Waals surface area contributed by atoms with Gasteiger partial charge in [0.05, 0.1) is 10.9 Å². The second-order valence-electron chi connectivity index (χ2n) is 4.33. The maximum Gasteiger partial charge on any atom is 0.303 e. The van der Waals surface area contributed by atoms with Crippen molar-refractivity contribution in [1.82, 2.24) is 0 Å². The van der Waals surface area contributed by atoms with E-state index in [0.29, 0.717) is 4.47 Å². The summed E-state index contributed by atoms with van der Waals surface area (Å²) in [6.45, 7) is 0. The first-order valence-electron chi connectivity index (χ1n) is 5.39. The van der Waals surface area contributed by atoms with Gasteiger partial charge in [0, 0.05) is 11.5 Å². The summed E-state index contributed by atoms with van der Waals surface area (Å²) in [5.74, 6) is -1.96. The fourth-order valence-corrected chi connectivity index (χ4v) is 2.45. The van der Waals surface area contributed by atoms with Gasteiger partial charge in [-0.15, -0.1) is 0 Å². The lowest BCUT2D eigenvalue weighted by atomic mass is 9.90. The van der Waals surface area contributed by atoms with E-state index in [9.17, 15) is 14.3 Å². The van der Waals surface area contributed by atoms with E-state index in [2.05, 4.69) is 15.9 Å². The van der Waals surface area contributed by atoms with E-state index in [0.717, 1.165) is 12.8 Å². The molecule has 0 aliphatic heterocycles. The number of carboxylic acids is 1. The molecule has 17 heavy (non-hydrogen) atoms. The van der Waals surface area contributed by atoms with Gasteiger partial charge in [0.1, 0.15) is 11.6 Å². The second kappa shape index (κ2) is 4.64. The molecule has 1 aliphatic carbocycles. The number of phenols is 1. The van der Waals surface area contributed by atoms with Crippen molar-refractivity contribution < 1.29 is 19.4 Å². The molecular weight excluding hydrogens is 291 g/mol. The summed E-state index contributed by atoms with van der Waals surface area (Å²) in [6, 6.07) is 2.66. The first kappa shape index (κ1) is 12.4. The van der Waals surface area contributed by atoms with Crippen molar-refractivity contribution in [2.75, 3.05) is 0 Å². The van der Waals surface area contributed by atoms with E-state index in [1.165, 1.54) is 12.1 Å². The molecule has 1 aliphatic rings. The van der Waals surface area contributed by atoms with Gasteiger partial charge in [0.25, 0.3) is 0 Å². The maximum absolute atomic E-state index is 13.7. The quantitative estimate of drug-likeness (QED) is 0.897. The number of hydrogen-bond acceptors (Lipinski definition) is 2. The molecule has 0 saturated heterocycles. The average molecular weight is 303 g/mol. The zero-order chi connectivity index (χ0) is 12.6. The van der Waals surface area contributed by atoms with Crippen LogP contribution in [0, 0.1) is 11.7 Å². The summed E-state index contributed by atoms with van der Waals surface area (Å²) >= 11 is 3.12. The van der Waals surface area contributed by atoms with Crippen LogP contribution in [0.15, 0.2) is 16.6 Å². The molecule has 2 rings (SSSR count). The molecule has 1 saturated carbocycles. The van der Waals surface area contributed by atoms with Crippen LogP contribution in [0.25, 0.3) is 0 Å². The molecule has 1 fully saturated rings. The summed E-state index contributed by atoms with van der Waals surface area (Å²) in [5.41, 5.74) is 0.129. The van der Waals surface area contributed by atoms with E-state index >= 15 is 0 Å². The molecule has 0 bridgehead atoms. The molecule has 1 atom stereocenters. The second-order valence-corrected chi connectivity index (χ2v) is 5.19. The predicted molar refractivity (Wildman–Crippen MR) is 63.5 cm³/mol. The summed E-state index contributed by atoms with van der Waals surface area (Å²) in [7, 11) is 0. The zero-order valence-corrected chi connectivity index (χ0v) is 10.6. The molecule has 92 valence electrons. The number of benzene rings is 1. The number of rotatable bonds is 4. The smallest absolute Gasteiger partial charge is 0.303 e. The molecule has 3 nitrogen and oxygen atoms in total. The molecular formula is C12H12BrFO3. The van der Waals surface area contributed by atoms with Crippen LogP contribution in [0.4, 0.5) is 4.39 Å². The van der Waals surface area contributed by atoms with Crippen molar-refractivity contribution in [3.63, 3.8) is 0 Å². The highest BCUT2D eigenvalue weighted by molar-refractivity contribution is 9.10. The molecule has 5 heteroatoms. The summed E-state index contributed by atoms with van der Waals surface area (Å²) < 4.78 is 14.1. The van der Waals surface area contributed by atoms with Gasteiger partial charge < -0.3 is 10.2 Å². The Labute approximate surface area is 106 Å². The van der Waals surface area contributed by atoms with Gasteiger partial charge in [-0.2, -0.15) is 0 Å². The summed E-state index contributed by atoms with van der Waals surface area (Å²) in [5, 5.41) is 18.7. The van der Waals surface area contributed by atoms with Crippen LogP contribution < -0.4 is 0 Å². The monoisotopic (exact) mass is 302 g/mol. The van der Waals surface area contributed by atoms with Crippen molar-refractivity contribution in [3.05, 3.63) is 28.0 Å². The van der Waals surface area contributed by atoms with Crippen LogP contribution >= 0.6 is 15.9 Å². The maximum atomic E-state index is 13.7. The Bertz CT molecular complexity index is 457. The number of aliphatic carboxylic acids is 1. The van der Waals surface area contributed by atoms with Gasteiger partial charge in [0.2, 0.25) is 0 Å². The molecule has 0 spiro atoms. The van der Waals surface area contributed by atoms with E-state index < -0.39 is 17.7 Å². The molecule has 0 amide bonds. The Kier molecular flexibility index (Phi) is 3.38. The van der Waals surface area contributed by atoms with Crippen molar-refractivity contribution in [1.29, 1.82) is 0 Å². The van der Waals surface area contributed by atoms with Crippen LogP contribution in [0.2, 0.25) is 0 Å². The van der Waals surface area contributed by atoms with Crippen molar-refractivity contribution in [2.24, 2.45) is 5.92 Å². The predicted octanol–water partition coefficient (Wildman–Crippen LogP) is 3.26. The number of phenolic OH excluding ortho intramolecular Hbond substituents is 1. The molecule has 1 aromatic carbocycles. The molecule has 1 aromatic rings. The lowest BCUT2D eigenvalue weighted by Crippen LogP contribution is -2.10. The Morgan fingerprint density at radius 3 is 2.71 bits per heavy atom. The van der Waals surface area contributed by atoms with Gasteiger partial charge in [-0.25, -0.2) is 4.39 Å². The van der Waals surface area contributed by atoms with E-state index in [-0.39, 0.29) is 23.7 Å². The minimum Gasteiger partial charge on any atom is -0.506 e. The summed E-state index contributed by atoms with van der Waals surface area (Å²) in [6.07, 6.45) is 1.64. The van der Waals surface area contributed by atoms with Crippen molar-refractivity contribution in [3.8, 4) is 5.75 Å². The lowest BCUT2D eigenvalue weighted by Gasteiger charge is -2.17. The Morgan fingerprint density at radius 2 is 2.18 bits per heavy atom. The third-order valence-electron chi connectivity index (χ3n) is 3.07. The number of carbonyl (C=O) groups is 1. The first-order valence-corrected chi connectivity index (χ1v) is 6.18. The number of halogens is 2. The first-order chi connectivity index (χ1) is 8.00. The van der Waals surface area contributed by atoms with E-state index in [1.807, 2.05) is 0 Å². The standard InChI is InChI=1S/C12H12BrFO3/c13-8-3-4-9(14)11(12(8)17)7(5-10(15)16)6-1-2-6/h3-4,6-7,17H,1-2,5H2,(H,15,16). The SMILES string of the molecule is O=C(O)CC(c1c(F)ccc(Br)c1O)C1CC1. The van der Waals surface area contributed by atoms with Crippen LogP contribution in [0.3, 0.4) is 0 Å². The van der Waals surface area contributed by atoms with Gasteiger partial charge in [-0.3, -0.25) is 4.79 Å². The topological polar surface area (TPSA) is 57.5 Å². The van der Waals surface area contributed by atoms with Crippen LogP contribution in [-0.2, 0) is 4.79 Å². The van der Waals surface area contributed by atoms with Gasteiger partial charge in [-0.05, 0) is 46.8 Å². The van der Waals surface area contributed by atoms with Crippen LogP contribution in [0.1, 0.15) is 30.7 Å². The third kappa shape index (κ3) is 2.60. The van der Waals surface area contributed by atoms with E-state index in [4.69, 9.17) is 5.11 Å². The number of carboxylic acid groups (broad SMARTS) is 1. The van der Waals surface area contributed by atoms with Gasteiger partial charge >= 0.3 is 5.97 Å². The van der Waals surface area contributed by atoms with Crippen molar-refractivity contribution in [2.45, 2.75) is 25.2 Å². The van der Waals surface area contributed by atoms with Crippen molar-refractivity contribution >= 4 is 21.9 Å². The highest BCUT2D eigenvalue weighted by atomic mass is 79.9. The Morgan fingerprint density at radius 1 is 1.53 bits per heavy atom. The van der Waals surface area contributed by atoms with Crippen LogP contribution in [-0.4, -0.2) is 16.2 Å². The normalized spacial score (nSPS) is 16.8. The molecule has 0 heterocycles. The molecule has 0 aromatic heterocycles. The van der Waals surface area contributed by atoms with Gasteiger partial charge in [-0.1, -0.05) is 0 Å². The molecule has 1 unspecified atom stereocenters. The fourth-order valence-electron chi connectivity index (χ4n) is 2.10. The lowest BCUT2D eigenvalue weighted by molar-refractivity contribution is -0.137. The van der Waals surface area contributed by atoms with Gasteiger partial charge in [0.15, 0.2) is 0 Å². The minimum atomic E-state index is -0.972. The highest BCUT2D eigenvalue weighted by Crippen LogP contribution is 2.48. The number of aromatic hydroxyl groups is 1. The Hall–Kier alpha value is -1.10. The highest BCUT2D eigenvalue weighted by Gasteiger charge is 2.37. The number of hydrogen-bond donors (Lipinski definition) is 2. The molecule has 0 radical (unpaired) electrons. The van der Waals surface area contributed by atoms with Crippen LogP contribution in [0.5, 0.6) is 5.75 Å². The third-order valence-corrected chi connectivity index (χ3v) is 3.71. The average Bonchev–Trinajstić information content (AvgIpc) is 3.06. The Balaban J connectivity index is 2.41. The minimum absolute atomic E-state index is 0.129. The zero-order valence-electron chi connectivity index (χ0n) is 8.99. The summed E-state index contributed by atoms with van der Waals surface area (Å²) in [4.78, 5) is 10.8. The fraction of sp³-hybridized carbons (Fsp3) is 0.417.